The molecule has 0 radical (unpaired) electrons. The maximum absolute atomic E-state index is 12.6. The zero-order chi connectivity index (χ0) is 18.4. The Morgan fingerprint density at radius 2 is 1.88 bits per heavy atom. The number of aromatic carboxylic acids is 1. The molecule has 2 heterocycles. The van der Waals surface area contributed by atoms with Crippen LogP contribution in [0.25, 0.3) is 15.7 Å². The quantitative estimate of drug-likeness (QED) is 0.671. The fourth-order valence-electron chi connectivity index (χ4n) is 2.05. The summed E-state index contributed by atoms with van der Waals surface area (Å²) in [6.45, 7) is 1.63. The molecule has 1 N–H and O–H groups in total. The van der Waals surface area contributed by atoms with E-state index in [9.17, 15) is 23.1 Å². The van der Waals surface area contributed by atoms with Crippen LogP contribution in [0, 0.1) is 6.92 Å². The van der Waals surface area contributed by atoms with Crippen molar-refractivity contribution in [3.8, 4) is 15.7 Å². The molecule has 0 unspecified atom stereocenters. The SMILES string of the molecule is Cc1nn(-c2nnc(-c3ccc(C(F)(F)F)cc3)s2)c(C(=O)O)c1Br. The van der Waals surface area contributed by atoms with E-state index in [4.69, 9.17) is 0 Å². The van der Waals surface area contributed by atoms with E-state index < -0.39 is 17.7 Å². The Labute approximate surface area is 151 Å². The average Bonchev–Trinajstić information content (AvgIpc) is 3.12. The van der Waals surface area contributed by atoms with Crippen molar-refractivity contribution in [2.45, 2.75) is 13.1 Å². The van der Waals surface area contributed by atoms with E-state index in [-0.39, 0.29) is 10.8 Å². The predicted octanol–water partition coefficient (Wildman–Crippen LogP) is 4.18. The van der Waals surface area contributed by atoms with Gasteiger partial charge in [0, 0.05) is 5.56 Å². The van der Waals surface area contributed by atoms with Crippen molar-refractivity contribution in [3.63, 3.8) is 0 Å². The molecule has 0 aliphatic carbocycles. The Morgan fingerprint density at radius 3 is 2.44 bits per heavy atom. The first-order valence-electron chi connectivity index (χ1n) is 6.68. The minimum Gasteiger partial charge on any atom is -0.476 e. The van der Waals surface area contributed by atoms with E-state index in [0.29, 0.717) is 20.7 Å². The van der Waals surface area contributed by atoms with Gasteiger partial charge in [-0.15, -0.1) is 10.2 Å². The van der Waals surface area contributed by atoms with Crippen LogP contribution in [-0.4, -0.2) is 31.1 Å². The highest BCUT2D eigenvalue weighted by Crippen LogP contribution is 2.33. The largest absolute Gasteiger partial charge is 0.476 e. The molecule has 11 heteroatoms. The van der Waals surface area contributed by atoms with Crippen LogP contribution in [0.5, 0.6) is 0 Å². The van der Waals surface area contributed by atoms with Crippen LogP contribution in [0.3, 0.4) is 0 Å². The number of benzene rings is 1. The van der Waals surface area contributed by atoms with Crippen molar-refractivity contribution in [2.75, 3.05) is 0 Å². The molecule has 0 amide bonds. The number of hydrogen-bond donors (Lipinski definition) is 1. The van der Waals surface area contributed by atoms with Gasteiger partial charge in [0.25, 0.3) is 0 Å². The fourth-order valence-corrected chi connectivity index (χ4v) is 3.28. The molecule has 0 fully saturated rings. The molecule has 0 saturated carbocycles. The molecule has 3 aromatic rings. The summed E-state index contributed by atoms with van der Waals surface area (Å²) in [4.78, 5) is 11.4. The van der Waals surface area contributed by atoms with Crippen LogP contribution in [-0.2, 0) is 6.18 Å². The number of halogens is 4. The molecule has 130 valence electrons. The van der Waals surface area contributed by atoms with Crippen molar-refractivity contribution in [3.05, 3.63) is 45.7 Å². The topological polar surface area (TPSA) is 80.9 Å². The molecule has 0 aliphatic heterocycles. The second-order valence-electron chi connectivity index (χ2n) is 4.93. The van der Waals surface area contributed by atoms with Gasteiger partial charge in [0.2, 0.25) is 5.13 Å². The summed E-state index contributed by atoms with van der Waals surface area (Å²) < 4.78 is 39.3. The van der Waals surface area contributed by atoms with Crippen LogP contribution < -0.4 is 0 Å². The molecule has 6 nitrogen and oxygen atoms in total. The smallest absolute Gasteiger partial charge is 0.416 e. The zero-order valence-electron chi connectivity index (χ0n) is 12.4. The summed E-state index contributed by atoms with van der Waals surface area (Å²) in [5.41, 5.74) is 0.0358. The molecule has 0 spiro atoms. The van der Waals surface area contributed by atoms with Gasteiger partial charge in [0.05, 0.1) is 15.7 Å². The van der Waals surface area contributed by atoms with Crippen molar-refractivity contribution in [1.82, 2.24) is 20.0 Å². The number of aromatic nitrogens is 4. The van der Waals surface area contributed by atoms with E-state index in [1.807, 2.05) is 0 Å². The number of rotatable bonds is 3. The third-order valence-corrected chi connectivity index (χ3v) is 5.14. The molecule has 1 aromatic carbocycles. The summed E-state index contributed by atoms with van der Waals surface area (Å²) in [6, 6.07) is 4.48. The second kappa shape index (κ2) is 6.23. The number of hydrogen-bond acceptors (Lipinski definition) is 5. The zero-order valence-corrected chi connectivity index (χ0v) is 14.8. The third-order valence-electron chi connectivity index (χ3n) is 3.24. The molecule has 0 saturated heterocycles. The fraction of sp³-hybridized carbons (Fsp3) is 0.143. The van der Waals surface area contributed by atoms with E-state index in [0.717, 1.165) is 28.2 Å². The van der Waals surface area contributed by atoms with E-state index in [1.54, 1.807) is 6.92 Å². The minimum atomic E-state index is -4.42. The molecule has 25 heavy (non-hydrogen) atoms. The van der Waals surface area contributed by atoms with Gasteiger partial charge in [-0.3, -0.25) is 0 Å². The summed E-state index contributed by atoms with van der Waals surface area (Å²) in [6.07, 6.45) is -4.42. The lowest BCUT2D eigenvalue weighted by Gasteiger charge is -2.06. The molecule has 3 rings (SSSR count). The maximum atomic E-state index is 12.6. The molecule has 0 bridgehead atoms. The summed E-state index contributed by atoms with van der Waals surface area (Å²) in [5, 5.41) is 21.8. The van der Waals surface area contributed by atoms with Crippen molar-refractivity contribution in [2.24, 2.45) is 0 Å². The average molecular weight is 433 g/mol. The minimum absolute atomic E-state index is 0.104. The first kappa shape index (κ1) is 17.5. The number of carboxylic acid groups (broad SMARTS) is 1. The van der Waals surface area contributed by atoms with Gasteiger partial charge in [-0.05, 0) is 35.0 Å². The van der Waals surface area contributed by atoms with Crippen LogP contribution in [0.1, 0.15) is 21.7 Å². The molecular weight excluding hydrogens is 425 g/mol. The highest BCUT2D eigenvalue weighted by atomic mass is 79.9. The summed E-state index contributed by atoms with van der Waals surface area (Å²) in [7, 11) is 0. The standard InChI is InChI=1S/C14H8BrF3N4O2S/c1-6-9(15)10(12(23)24)22(21-6)13-20-19-11(25-13)7-2-4-8(5-3-7)14(16,17)18/h2-5H,1H3,(H,23,24). The maximum Gasteiger partial charge on any atom is 0.416 e. The molecular formula is C14H8BrF3N4O2S. The van der Waals surface area contributed by atoms with Crippen LogP contribution >= 0.6 is 27.3 Å². The van der Waals surface area contributed by atoms with Gasteiger partial charge < -0.3 is 5.11 Å². The molecule has 2 aromatic heterocycles. The highest BCUT2D eigenvalue weighted by molar-refractivity contribution is 9.10. The van der Waals surface area contributed by atoms with Crippen molar-refractivity contribution in [1.29, 1.82) is 0 Å². The van der Waals surface area contributed by atoms with Crippen LogP contribution in [0.15, 0.2) is 28.7 Å². The monoisotopic (exact) mass is 432 g/mol. The first-order chi connectivity index (χ1) is 11.7. The Kier molecular flexibility index (Phi) is 4.37. The lowest BCUT2D eigenvalue weighted by atomic mass is 10.1. The predicted molar refractivity (Wildman–Crippen MR) is 86.9 cm³/mol. The Hall–Kier alpha value is -2.27. The van der Waals surface area contributed by atoms with Crippen molar-refractivity contribution >= 4 is 33.2 Å². The molecule has 0 aliphatic rings. The summed E-state index contributed by atoms with van der Waals surface area (Å²) >= 11 is 4.18. The van der Waals surface area contributed by atoms with Crippen LogP contribution in [0.4, 0.5) is 13.2 Å². The summed E-state index contributed by atoms with van der Waals surface area (Å²) in [5.74, 6) is -1.20. The van der Waals surface area contributed by atoms with Gasteiger partial charge in [0.15, 0.2) is 5.69 Å². The number of nitrogens with zero attached hydrogens (tertiary/aromatic N) is 4. The van der Waals surface area contributed by atoms with Gasteiger partial charge >= 0.3 is 12.1 Å². The number of carboxylic acids is 1. The van der Waals surface area contributed by atoms with Gasteiger partial charge in [-0.2, -0.15) is 23.0 Å². The lowest BCUT2D eigenvalue weighted by molar-refractivity contribution is -0.137. The van der Waals surface area contributed by atoms with Crippen molar-refractivity contribution < 1.29 is 23.1 Å². The Morgan fingerprint density at radius 1 is 1.24 bits per heavy atom. The normalized spacial score (nSPS) is 11.7. The Balaban J connectivity index is 1.99. The molecule has 0 atom stereocenters. The van der Waals surface area contributed by atoms with Gasteiger partial charge in [-0.25, -0.2) is 4.79 Å². The van der Waals surface area contributed by atoms with E-state index in [1.165, 1.54) is 12.1 Å². The lowest BCUT2D eigenvalue weighted by Crippen LogP contribution is -2.08. The van der Waals surface area contributed by atoms with Gasteiger partial charge in [0.1, 0.15) is 5.01 Å². The number of alkyl halides is 3. The second-order valence-corrected chi connectivity index (χ2v) is 6.68. The Bertz CT molecular complexity index is 950. The third kappa shape index (κ3) is 3.29. The van der Waals surface area contributed by atoms with Gasteiger partial charge in [-0.1, -0.05) is 23.5 Å². The number of carbonyl (C=O) groups is 1. The highest BCUT2D eigenvalue weighted by Gasteiger charge is 2.30. The number of aryl methyl sites for hydroxylation is 1. The first-order valence-corrected chi connectivity index (χ1v) is 8.29. The van der Waals surface area contributed by atoms with Crippen LogP contribution in [0.2, 0.25) is 0 Å². The van der Waals surface area contributed by atoms with E-state index in [2.05, 4.69) is 31.2 Å². The van der Waals surface area contributed by atoms with E-state index >= 15 is 0 Å².